The van der Waals surface area contributed by atoms with Gasteiger partial charge in [-0.3, -0.25) is 9.59 Å². The van der Waals surface area contributed by atoms with Crippen molar-refractivity contribution in [1.82, 2.24) is 10.2 Å². The average molecular weight is 298 g/mol. The maximum Gasteiger partial charge on any atom is 0.239 e. The van der Waals surface area contributed by atoms with E-state index in [1.807, 2.05) is 18.2 Å². The number of rotatable bonds is 2. The van der Waals surface area contributed by atoms with Crippen molar-refractivity contribution in [2.45, 2.75) is 37.5 Å². The van der Waals surface area contributed by atoms with Crippen LogP contribution in [0.5, 0.6) is 0 Å². The predicted molar refractivity (Wildman–Crippen MR) is 83.2 cm³/mol. The maximum atomic E-state index is 13.3. The molecule has 0 unspecified atom stereocenters. The first-order valence-corrected chi connectivity index (χ1v) is 8.30. The van der Waals surface area contributed by atoms with Gasteiger partial charge in [0.05, 0.1) is 12.0 Å². The number of carbonyl (C=O) groups is 2. The van der Waals surface area contributed by atoms with Gasteiger partial charge < -0.3 is 10.2 Å². The van der Waals surface area contributed by atoms with Crippen LogP contribution in [0.2, 0.25) is 0 Å². The van der Waals surface area contributed by atoms with E-state index in [1.54, 1.807) is 4.90 Å². The highest BCUT2D eigenvalue weighted by molar-refractivity contribution is 5.96. The summed E-state index contributed by atoms with van der Waals surface area (Å²) in [6.07, 6.45) is 5.70. The number of hydrogen-bond acceptors (Lipinski definition) is 2. The highest BCUT2D eigenvalue weighted by Crippen LogP contribution is 2.72. The summed E-state index contributed by atoms with van der Waals surface area (Å²) in [5.41, 5.74) is 0.926. The van der Waals surface area contributed by atoms with Crippen molar-refractivity contribution in [2.75, 3.05) is 19.6 Å². The molecule has 2 aliphatic carbocycles. The number of nitrogens with zero attached hydrogens (tertiary/aromatic N) is 1. The molecule has 1 heterocycles. The Labute approximate surface area is 130 Å². The lowest BCUT2D eigenvalue weighted by Gasteiger charge is -2.32. The van der Waals surface area contributed by atoms with Crippen molar-refractivity contribution in [2.24, 2.45) is 5.41 Å². The molecular weight excluding hydrogens is 276 g/mol. The van der Waals surface area contributed by atoms with Gasteiger partial charge in [-0.25, -0.2) is 0 Å². The van der Waals surface area contributed by atoms with Gasteiger partial charge in [-0.15, -0.1) is 0 Å². The number of hydrogen-bond donors (Lipinski definition) is 1. The van der Waals surface area contributed by atoms with E-state index in [0.717, 1.165) is 24.8 Å². The van der Waals surface area contributed by atoms with Crippen molar-refractivity contribution in [3.05, 3.63) is 35.9 Å². The summed E-state index contributed by atoms with van der Waals surface area (Å²) in [5, 5.41) is 2.81. The Morgan fingerprint density at radius 3 is 2.55 bits per heavy atom. The second-order valence-corrected chi connectivity index (χ2v) is 7.01. The van der Waals surface area contributed by atoms with Crippen LogP contribution in [0.15, 0.2) is 30.3 Å². The molecule has 1 aliphatic heterocycles. The van der Waals surface area contributed by atoms with Crippen molar-refractivity contribution in [3.8, 4) is 0 Å². The molecule has 22 heavy (non-hydrogen) atoms. The van der Waals surface area contributed by atoms with Crippen LogP contribution in [0.4, 0.5) is 0 Å². The Hall–Kier alpha value is -1.84. The molecule has 1 atom stereocenters. The Kier molecular flexibility index (Phi) is 3.03. The molecule has 116 valence electrons. The van der Waals surface area contributed by atoms with E-state index in [0.29, 0.717) is 13.1 Å². The zero-order chi connectivity index (χ0) is 15.2. The molecule has 3 fully saturated rings. The molecule has 1 spiro atoms. The summed E-state index contributed by atoms with van der Waals surface area (Å²) in [5.74, 6) is 0.138. The summed E-state index contributed by atoms with van der Waals surface area (Å²) < 4.78 is 0. The van der Waals surface area contributed by atoms with E-state index in [1.165, 1.54) is 12.8 Å². The molecule has 2 amide bonds. The topological polar surface area (TPSA) is 49.4 Å². The second-order valence-electron chi connectivity index (χ2n) is 7.01. The van der Waals surface area contributed by atoms with E-state index in [4.69, 9.17) is 0 Å². The largest absolute Gasteiger partial charge is 0.353 e. The van der Waals surface area contributed by atoms with Crippen LogP contribution in [-0.4, -0.2) is 36.3 Å². The number of piperazine rings is 1. The van der Waals surface area contributed by atoms with Crippen LogP contribution in [0.3, 0.4) is 0 Å². The fourth-order valence-electron chi connectivity index (χ4n) is 4.76. The molecule has 4 rings (SSSR count). The molecule has 4 heteroatoms. The summed E-state index contributed by atoms with van der Waals surface area (Å²) >= 11 is 0. The lowest BCUT2D eigenvalue weighted by molar-refractivity contribution is -0.141. The lowest BCUT2D eigenvalue weighted by Crippen LogP contribution is -2.53. The fourth-order valence-corrected chi connectivity index (χ4v) is 4.76. The first-order valence-electron chi connectivity index (χ1n) is 8.30. The van der Waals surface area contributed by atoms with Gasteiger partial charge in [0.15, 0.2) is 0 Å². The van der Waals surface area contributed by atoms with Gasteiger partial charge in [0.25, 0.3) is 0 Å². The van der Waals surface area contributed by atoms with E-state index >= 15 is 0 Å². The van der Waals surface area contributed by atoms with Crippen molar-refractivity contribution in [3.63, 3.8) is 0 Å². The first kappa shape index (κ1) is 13.8. The number of amides is 2. The number of nitrogens with one attached hydrogen (secondary N) is 1. The molecule has 0 bridgehead atoms. The SMILES string of the molecule is O=C1CN(C(=O)[C@]2(c3ccccc3)CC23CCCC3)CCN1. The average Bonchev–Trinajstić information content (AvgIpc) is 2.95. The van der Waals surface area contributed by atoms with Crippen molar-refractivity contribution >= 4 is 11.8 Å². The van der Waals surface area contributed by atoms with Crippen LogP contribution in [-0.2, 0) is 15.0 Å². The quantitative estimate of drug-likeness (QED) is 0.906. The Bertz CT molecular complexity index is 607. The Morgan fingerprint density at radius 2 is 1.86 bits per heavy atom. The number of carbonyl (C=O) groups excluding carboxylic acids is 2. The number of benzene rings is 1. The Morgan fingerprint density at radius 1 is 1.14 bits per heavy atom. The third-order valence-electron chi connectivity index (χ3n) is 5.90. The maximum absolute atomic E-state index is 13.3. The van der Waals surface area contributed by atoms with Crippen LogP contribution in [0.1, 0.15) is 37.7 Å². The molecule has 1 aromatic rings. The lowest BCUT2D eigenvalue weighted by atomic mass is 9.83. The minimum atomic E-state index is -0.373. The molecule has 3 aliphatic rings. The molecule has 1 aromatic carbocycles. The van der Waals surface area contributed by atoms with E-state index in [9.17, 15) is 9.59 Å². The van der Waals surface area contributed by atoms with Gasteiger partial charge in [-0.2, -0.15) is 0 Å². The highest BCUT2D eigenvalue weighted by Gasteiger charge is 2.73. The summed E-state index contributed by atoms with van der Waals surface area (Å²) in [7, 11) is 0. The normalized spacial score (nSPS) is 29.5. The van der Waals surface area contributed by atoms with Gasteiger partial charge >= 0.3 is 0 Å². The zero-order valence-corrected chi connectivity index (χ0v) is 12.8. The van der Waals surface area contributed by atoms with Crippen molar-refractivity contribution in [1.29, 1.82) is 0 Å². The third-order valence-corrected chi connectivity index (χ3v) is 5.90. The van der Waals surface area contributed by atoms with Crippen LogP contribution in [0, 0.1) is 5.41 Å². The molecular formula is C18H22N2O2. The molecule has 0 radical (unpaired) electrons. The van der Waals surface area contributed by atoms with E-state index in [2.05, 4.69) is 17.4 Å². The zero-order valence-electron chi connectivity index (χ0n) is 12.8. The van der Waals surface area contributed by atoms with Crippen LogP contribution < -0.4 is 5.32 Å². The smallest absolute Gasteiger partial charge is 0.239 e. The monoisotopic (exact) mass is 298 g/mol. The van der Waals surface area contributed by atoms with Gasteiger partial charge in [-0.1, -0.05) is 43.2 Å². The fraction of sp³-hybridized carbons (Fsp3) is 0.556. The minimum absolute atomic E-state index is 0.0380. The van der Waals surface area contributed by atoms with E-state index < -0.39 is 0 Å². The van der Waals surface area contributed by atoms with E-state index in [-0.39, 0.29) is 29.2 Å². The molecule has 4 nitrogen and oxygen atoms in total. The second kappa shape index (κ2) is 4.83. The Balaban J connectivity index is 1.70. The first-order chi connectivity index (χ1) is 10.7. The molecule has 1 saturated heterocycles. The van der Waals surface area contributed by atoms with Crippen LogP contribution >= 0.6 is 0 Å². The molecule has 1 N–H and O–H groups in total. The van der Waals surface area contributed by atoms with Gasteiger partial charge in [-0.05, 0) is 30.2 Å². The minimum Gasteiger partial charge on any atom is -0.353 e. The highest BCUT2D eigenvalue weighted by atomic mass is 16.2. The molecule has 2 saturated carbocycles. The summed E-state index contributed by atoms with van der Waals surface area (Å²) in [4.78, 5) is 26.8. The van der Waals surface area contributed by atoms with Crippen LogP contribution in [0.25, 0.3) is 0 Å². The van der Waals surface area contributed by atoms with Gasteiger partial charge in [0.2, 0.25) is 11.8 Å². The predicted octanol–water partition coefficient (Wildman–Crippen LogP) is 1.85. The molecule has 0 aromatic heterocycles. The van der Waals surface area contributed by atoms with Crippen molar-refractivity contribution < 1.29 is 9.59 Å². The standard InChI is InChI=1S/C18H22N2O2/c21-15-12-20(11-10-19-15)16(22)18(14-6-2-1-3-7-14)13-17(18)8-4-5-9-17/h1-3,6-7H,4-5,8-13H2,(H,19,21)/t18-/m1/s1. The summed E-state index contributed by atoms with van der Waals surface area (Å²) in [6.45, 7) is 1.42. The van der Waals surface area contributed by atoms with Gasteiger partial charge in [0.1, 0.15) is 0 Å². The third kappa shape index (κ3) is 1.82. The summed E-state index contributed by atoms with van der Waals surface area (Å²) in [6, 6.07) is 10.2. The van der Waals surface area contributed by atoms with Gasteiger partial charge in [0, 0.05) is 13.1 Å².